The standard InChI is InChI=1S/C15H28N2O4/c1-5-6-7-8-9-13(18)15(21)16-12(10-14(19)20)11-17(2,3)4/h12H,5-11H2,1-4H3,(H-,16,19,20,21)/t12-/m1/s1. The number of aliphatic carboxylic acids is 1. The van der Waals surface area contributed by atoms with Gasteiger partial charge in [0.2, 0.25) is 5.78 Å². The lowest BCUT2D eigenvalue weighted by Crippen LogP contribution is -2.52. The number of nitrogens with one attached hydrogen (secondary N) is 1. The maximum atomic E-state index is 11.8. The van der Waals surface area contributed by atoms with Gasteiger partial charge in [-0.15, -0.1) is 0 Å². The van der Waals surface area contributed by atoms with E-state index < -0.39 is 23.7 Å². The monoisotopic (exact) mass is 300 g/mol. The Labute approximate surface area is 127 Å². The first kappa shape index (κ1) is 19.6. The molecule has 0 aromatic heterocycles. The van der Waals surface area contributed by atoms with Crippen LogP contribution in [0.4, 0.5) is 0 Å². The van der Waals surface area contributed by atoms with Crippen molar-refractivity contribution in [3.63, 3.8) is 0 Å². The van der Waals surface area contributed by atoms with Crippen molar-refractivity contribution in [2.24, 2.45) is 0 Å². The van der Waals surface area contributed by atoms with Gasteiger partial charge in [0.25, 0.3) is 5.91 Å². The molecule has 21 heavy (non-hydrogen) atoms. The zero-order valence-corrected chi connectivity index (χ0v) is 13.6. The van der Waals surface area contributed by atoms with Gasteiger partial charge in [-0.05, 0) is 6.42 Å². The zero-order valence-electron chi connectivity index (χ0n) is 13.6. The third-order valence-electron chi connectivity index (χ3n) is 3.03. The van der Waals surface area contributed by atoms with E-state index in [1.165, 1.54) is 0 Å². The molecule has 0 aliphatic carbocycles. The second kappa shape index (κ2) is 9.50. The fourth-order valence-electron chi connectivity index (χ4n) is 2.12. The lowest BCUT2D eigenvalue weighted by atomic mass is 10.1. The Morgan fingerprint density at radius 3 is 2.19 bits per heavy atom. The lowest BCUT2D eigenvalue weighted by Gasteiger charge is -2.29. The number of carbonyl (C=O) groups excluding carboxylic acids is 3. The molecule has 0 heterocycles. The van der Waals surface area contributed by atoms with Gasteiger partial charge in [-0.3, -0.25) is 9.59 Å². The van der Waals surface area contributed by atoms with Crippen LogP contribution < -0.4 is 10.4 Å². The van der Waals surface area contributed by atoms with Gasteiger partial charge in [0.1, 0.15) is 0 Å². The molecule has 0 aliphatic rings. The van der Waals surface area contributed by atoms with Crippen LogP contribution in [0.15, 0.2) is 0 Å². The third-order valence-corrected chi connectivity index (χ3v) is 3.03. The van der Waals surface area contributed by atoms with E-state index in [0.717, 1.165) is 19.3 Å². The first-order chi connectivity index (χ1) is 9.65. The molecular weight excluding hydrogens is 272 g/mol. The molecule has 0 fully saturated rings. The summed E-state index contributed by atoms with van der Waals surface area (Å²) < 4.78 is 0.489. The number of Topliss-reactive ketones (excluding diaryl/α,β-unsaturated/α-hetero) is 1. The van der Waals surface area contributed by atoms with Gasteiger partial charge in [-0.1, -0.05) is 26.2 Å². The normalized spacial score (nSPS) is 12.8. The molecule has 0 bridgehead atoms. The molecule has 122 valence electrons. The van der Waals surface area contributed by atoms with Crippen LogP contribution >= 0.6 is 0 Å². The van der Waals surface area contributed by atoms with Crippen LogP contribution in [0.5, 0.6) is 0 Å². The Balaban J connectivity index is 4.37. The number of likely N-dealkylation sites (N-methyl/N-ethyl adjacent to an activating group) is 1. The first-order valence-electron chi connectivity index (χ1n) is 7.49. The van der Waals surface area contributed by atoms with E-state index in [2.05, 4.69) is 12.2 Å². The molecule has 6 nitrogen and oxygen atoms in total. The summed E-state index contributed by atoms with van der Waals surface area (Å²) in [5, 5.41) is 13.3. The number of carboxylic acid groups (broad SMARTS) is 1. The van der Waals surface area contributed by atoms with E-state index in [-0.39, 0.29) is 12.8 Å². The summed E-state index contributed by atoms with van der Waals surface area (Å²) in [4.78, 5) is 34.3. The molecule has 0 aromatic carbocycles. The highest BCUT2D eigenvalue weighted by Gasteiger charge is 2.23. The second-order valence-corrected chi connectivity index (χ2v) is 6.45. The van der Waals surface area contributed by atoms with Crippen LogP contribution in [0.3, 0.4) is 0 Å². The molecule has 6 heteroatoms. The molecule has 1 atom stereocenters. The van der Waals surface area contributed by atoms with Gasteiger partial charge in [0.15, 0.2) is 0 Å². The summed E-state index contributed by atoms with van der Waals surface area (Å²) in [6.45, 7) is 2.49. The molecule has 0 saturated heterocycles. The molecule has 0 aliphatic heterocycles. The van der Waals surface area contributed by atoms with Crippen molar-refractivity contribution in [2.45, 2.75) is 51.5 Å². The fourth-order valence-corrected chi connectivity index (χ4v) is 2.12. The number of rotatable bonds is 11. The maximum Gasteiger partial charge on any atom is 0.287 e. The Kier molecular flexibility index (Phi) is 8.85. The summed E-state index contributed by atoms with van der Waals surface area (Å²) in [5.41, 5.74) is 0. The van der Waals surface area contributed by atoms with Gasteiger partial charge in [-0.2, -0.15) is 0 Å². The molecule has 0 spiro atoms. The van der Waals surface area contributed by atoms with Crippen LogP contribution in [0, 0.1) is 0 Å². The van der Waals surface area contributed by atoms with Gasteiger partial charge in [0.05, 0.1) is 33.7 Å². The predicted octanol–water partition coefficient (Wildman–Crippen LogP) is -0.143. The molecule has 0 unspecified atom stereocenters. The molecule has 1 amide bonds. The molecular formula is C15H28N2O4. The minimum absolute atomic E-state index is 0.217. The van der Waals surface area contributed by atoms with E-state index in [4.69, 9.17) is 0 Å². The van der Waals surface area contributed by atoms with E-state index in [0.29, 0.717) is 17.4 Å². The number of nitrogens with zero attached hydrogens (tertiary/aromatic N) is 1. The quantitative estimate of drug-likeness (QED) is 0.327. The predicted molar refractivity (Wildman–Crippen MR) is 78.2 cm³/mol. The summed E-state index contributed by atoms with van der Waals surface area (Å²) in [7, 11) is 5.67. The van der Waals surface area contributed by atoms with Crippen molar-refractivity contribution in [1.29, 1.82) is 0 Å². The smallest absolute Gasteiger partial charge is 0.287 e. The molecule has 0 radical (unpaired) electrons. The number of hydrogen-bond acceptors (Lipinski definition) is 4. The Bertz CT molecular complexity index is 361. The van der Waals surface area contributed by atoms with Crippen molar-refractivity contribution in [2.75, 3.05) is 27.7 Å². The van der Waals surface area contributed by atoms with Crippen LogP contribution in [-0.4, -0.2) is 55.9 Å². The van der Waals surface area contributed by atoms with Crippen molar-refractivity contribution >= 4 is 17.7 Å². The third kappa shape index (κ3) is 11.0. The first-order valence-corrected chi connectivity index (χ1v) is 7.49. The number of ketones is 1. The molecule has 0 rings (SSSR count). The number of carboxylic acids is 1. The van der Waals surface area contributed by atoms with Crippen LogP contribution in [0.2, 0.25) is 0 Å². The van der Waals surface area contributed by atoms with Gasteiger partial charge < -0.3 is 19.7 Å². The number of amides is 1. The van der Waals surface area contributed by atoms with Gasteiger partial charge in [0, 0.05) is 18.8 Å². The van der Waals surface area contributed by atoms with Crippen LogP contribution in [-0.2, 0) is 14.4 Å². The van der Waals surface area contributed by atoms with Crippen molar-refractivity contribution in [1.82, 2.24) is 5.32 Å². The Hall–Kier alpha value is -1.43. The number of quaternary nitrogens is 1. The van der Waals surface area contributed by atoms with Gasteiger partial charge in [-0.25, -0.2) is 0 Å². The highest BCUT2D eigenvalue weighted by Crippen LogP contribution is 2.04. The fraction of sp³-hybridized carbons (Fsp3) is 0.800. The van der Waals surface area contributed by atoms with Crippen LogP contribution in [0.1, 0.15) is 45.4 Å². The average molecular weight is 300 g/mol. The van der Waals surface area contributed by atoms with Crippen molar-refractivity contribution < 1.29 is 24.0 Å². The highest BCUT2D eigenvalue weighted by molar-refractivity contribution is 6.36. The summed E-state index contributed by atoms with van der Waals surface area (Å²) in [6.07, 6.45) is 3.66. The largest absolute Gasteiger partial charge is 0.550 e. The molecule has 0 aromatic rings. The number of hydrogen-bond donors (Lipinski definition) is 1. The minimum Gasteiger partial charge on any atom is -0.550 e. The zero-order chi connectivity index (χ0) is 16.5. The number of unbranched alkanes of at least 4 members (excludes halogenated alkanes) is 3. The Morgan fingerprint density at radius 2 is 1.71 bits per heavy atom. The van der Waals surface area contributed by atoms with E-state index in [1.807, 2.05) is 21.1 Å². The van der Waals surface area contributed by atoms with Crippen molar-refractivity contribution in [3.8, 4) is 0 Å². The van der Waals surface area contributed by atoms with E-state index in [1.54, 1.807) is 0 Å². The summed E-state index contributed by atoms with van der Waals surface area (Å²) >= 11 is 0. The lowest BCUT2D eigenvalue weighted by molar-refractivity contribution is -0.871. The van der Waals surface area contributed by atoms with Crippen LogP contribution in [0.25, 0.3) is 0 Å². The Morgan fingerprint density at radius 1 is 1.10 bits per heavy atom. The van der Waals surface area contributed by atoms with Gasteiger partial charge >= 0.3 is 0 Å². The molecule has 0 saturated carbocycles. The highest BCUT2D eigenvalue weighted by atomic mass is 16.4. The summed E-state index contributed by atoms with van der Waals surface area (Å²) in [5.74, 6) is -2.40. The van der Waals surface area contributed by atoms with Crippen molar-refractivity contribution in [3.05, 3.63) is 0 Å². The summed E-state index contributed by atoms with van der Waals surface area (Å²) in [6, 6.07) is -0.595. The minimum atomic E-state index is -1.23. The SMILES string of the molecule is CCCCCCC(=O)C(=O)N[C@H](CC(=O)[O-])C[N+](C)(C)C. The topological polar surface area (TPSA) is 86.3 Å². The van der Waals surface area contributed by atoms with E-state index in [9.17, 15) is 19.5 Å². The molecule has 1 N–H and O–H groups in total. The maximum absolute atomic E-state index is 11.8. The van der Waals surface area contributed by atoms with E-state index >= 15 is 0 Å². The second-order valence-electron chi connectivity index (χ2n) is 6.45. The number of carbonyl (C=O) groups is 3. The average Bonchev–Trinajstić information content (AvgIpc) is 2.31.